The first-order chi connectivity index (χ1) is 25.2. The van der Waals surface area contributed by atoms with E-state index in [-0.39, 0.29) is 23.4 Å². The predicted octanol–water partition coefficient (Wildman–Crippen LogP) is 5.54. The smallest absolute Gasteiger partial charge is 0.270 e. The summed E-state index contributed by atoms with van der Waals surface area (Å²) in [6, 6.07) is 22.7. The van der Waals surface area contributed by atoms with Gasteiger partial charge in [0.1, 0.15) is 11.7 Å². The number of benzene rings is 2. The zero-order chi connectivity index (χ0) is 38.2. The Kier molecular flexibility index (Phi) is 13.3. The van der Waals surface area contributed by atoms with Crippen molar-refractivity contribution in [3.05, 3.63) is 108 Å². The molecule has 4 N–H and O–H groups in total. The molecular weight excluding hydrogens is 685 g/mol. The summed E-state index contributed by atoms with van der Waals surface area (Å²) in [6.07, 6.45) is 4.48. The summed E-state index contributed by atoms with van der Waals surface area (Å²) in [5.41, 5.74) is 1.91. The van der Waals surface area contributed by atoms with E-state index >= 15 is 0 Å². The number of hydrogen-bond donors (Lipinski definition) is 4. The van der Waals surface area contributed by atoms with Crippen molar-refractivity contribution in [2.24, 2.45) is 5.41 Å². The van der Waals surface area contributed by atoms with Crippen molar-refractivity contribution < 1.29 is 19.5 Å². The minimum atomic E-state index is -1.01. The van der Waals surface area contributed by atoms with Crippen molar-refractivity contribution in [1.82, 2.24) is 30.8 Å². The summed E-state index contributed by atoms with van der Waals surface area (Å²) in [4.78, 5) is 52.3. The number of aliphatic hydroxyl groups excluding tert-OH is 1. The van der Waals surface area contributed by atoms with Crippen LogP contribution in [0.4, 0.5) is 0 Å². The van der Waals surface area contributed by atoms with E-state index in [0.717, 1.165) is 28.7 Å². The maximum absolute atomic E-state index is 14.2. The molecule has 1 unspecified atom stereocenters. The van der Waals surface area contributed by atoms with Gasteiger partial charge >= 0.3 is 0 Å². The second-order valence-electron chi connectivity index (χ2n) is 16.1. The van der Waals surface area contributed by atoms with Gasteiger partial charge in [0, 0.05) is 47.4 Å². The highest BCUT2D eigenvalue weighted by molar-refractivity contribution is 7.99. The molecule has 5 atom stereocenters. The van der Waals surface area contributed by atoms with Crippen LogP contribution in [-0.4, -0.2) is 85.8 Å². The Morgan fingerprint density at radius 3 is 2.32 bits per heavy atom. The first-order valence-corrected chi connectivity index (χ1v) is 19.5. The monoisotopic (exact) mass is 738 g/mol. The Morgan fingerprint density at radius 1 is 0.906 bits per heavy atom. The number of piperidine rings is 1. The average Bonchev–Trinajstić information content (AvgIpc) is 3.12. The number of carbonyl (C=O) groups excluding carboxylic acids is 3. The highest BCUT2D eigenvalue weighted by Gasteiger charge is 2.39. The molecule has 0 spiro atoms. The van der Waals surface area contributed by atoms with Gasteiger partial charge in [-0.3, -0.25) is 24.3 Å². The number of pyridine rings is 2. The van der Waals surface area contributed by atoms with Crippen LogP contribution in [0.1, 0.15) is 76.0 Å². The topological polar surface area (TPSA) is 137 Å². The molecule has 2 aromatic carbocycles. The fraction of sp³-hybridized carbons (Fsp3) is 0.452. The Morgan fingerprint density at radius 2 is 1.62 bits per heavy atom. The third-order valence-corrected chi connectivity index (χ3v) is 10.8. The number of β-amino-alcohol motifs (C(OH)–C–C–N with tert-alkyl or cyclic N) is 1. The van der Waals surface area contributed by atoms with Crippen LogP contribution in [0.3, 0.4) is 0 Å². The van der Waals surface area contributed by atoms with Crippen molar-refractivity contribution in [2.45, 2.75) is 102 Å². The number of carbonyl (C=O) groups is 3. The number of amides is 3. The van der Waals surface area contributed by atoms with E-state index in [0.29, 0.717) is 24.9 Å². The van der Waals surface area contributed by atoms with Crippen LogP contribution in [0.5, 0.6) is 0 Å². The number of nitrogens with one attached hydrogen (secondary N) is 3. The molecular formula is C42H54N6O4S. The van der Waals surface area contributed by atoms with Gasteiger partial charge in [0.2, 0.25) is 11.8 Å². The molecule has 3 heterocycles. The van der Waals surface area contributed by atoms with Crippen molar-refractivity contribution in [1.29, 1.82) is 0 Å². The zero-order valence-corrected chi connectivity index (χ0v) is 32.5. The second kappa shape index (κ2) is 17.7. The van der Waals surface area contributed by atoms with Crippen LogP contribution in [0.2, 0.25) is 0 Å². The number of thioether (sulfide) groups is 1. The van der Waals surface area contributed by atoms with Crippen LogP contribution >= 0.6 is 11.8 Å². The summed E-state index contributed by atoms with van der Waals surface area (Å²) in [5.74, 6) is -0.123. The molecule has 1 aliphatic rings. The minimum absolute atomic E-state index is 0.0715. The Hall–Kier alpha value is -4.32. The van der Waals surface area contributed by atoms with E-state index in [1.165, 1.54) is 0 Å². The highest BCUT2D eigenvalue weighted by atomic mass is 32.2. The molecule has 0 radical (unpaired) electrons. The van der Waals surface area contributed by atoms with E-state index in [1.54, 1.807) is 12.3 Å². The van der Waals surface area contributed by atoms with Gasteiger partial charge in [-0.15, -0.1) is 0 Å². The molecule has 2 aromatic heterocycles. The van der Waals surface area contributed by atoms with Crippen molar-refractivity contribution >= 4 is 40.4 Å². The number of fused-ring (bicyclic) bond motifs is 1. The normalized spacial score (nSPS) is 18.5. The van der Waals surface area contributed by atoms with Gasteiger partial charge in [-0.1, -0.05) is 81.4 Å². The molecule has 10 nitrogen and oxygen atoms in total. The fourth-order valence-corrected chi connectivity index (χ4v) is 7.82. The second-order valence-corrected chi connectivity index (χ2v) is 17.4. The van der Waals surface area contributed by atoms with Gasteiger partial charge in [-0.05, 0) is 74.8 Å². The molecule has 282 valence electrons. The molecule has 0 bridgehead atoms. The van der Waals surface area contributed by atoms with Gasteiger partial charge in [-0.25, -0.2) is 4.98 Å². The van der Waals surface area contributed by atoms with Gasteiger partial charge in [0.25, 0.3) is 5.91 Å². The van der Waals surface area contributed by atoms with Crippen molar-refractivity contribution in [3.8, 4) is 0 Å². The van der Waals surface area contributed by atoms with E-state index in [4.69, 9.17) is 0 Å². The lowest BCUT2D eigenvalue weighted by molar-refractivity contribution is -0.131. The summed E-state index contributed by atoms with van der Waals surface area (Å²) < 4.78 is 0. The first kappa shape index (κ1) is 39.9. The van der Waals surface area contributed by atoms with Gasteiger partial charge in [0.05, 0.1) is 23.7 Å². The maximum atomic E-state index is 14.2. The Labute approximate surface area is 318 Å². The molecule has 3 amide bonds. The molecule has 0 aliphatic carbocycles. The lowest BCUT2D eigenvalue weighted by Crippen LogP contribution is -2.61. The van der Waals surface area contributed by atoms with Gasteiger partial charge < -0.3 is 21.1 Å². The first-order valence-electron chi connectivity index (χ1n) is 18.4. The molecule has 1 fully saturated rings. The minimum Gasteiger partial charge on any atom is -0.390 e. The third-order valence-electron chi connectivity index (χ3n) is 9.42. The number of aliphatic hydroxyl groups is 1. The predicted molar refractivity (Wildman–Crippen MR) is 212 cm³/mol. The quantitative estimate of drug-likeness (QED) is 0.140. The van der Waals surface area contributed by atoms with Crippen LogP contribution in [0.25, 0.3) is 10.9 Å². The van der Waals surface area contributed by atoms with Crippen molar-refractivity contribution in [3.63, 3.8) is 0 Å². The van der Waals surface area contributed by atoms with Gasteiger partial charge in [0.15, 0.2) is 0 Å². The summed E-state index contributed by atoms with van der Waals surface area (Å²) in [7, 11) is 0. The molecule has 53 heavy (non-hydrogen) atoms. The number of rotatable bonds is 13. The summed E-state index contributed by atoms with van der Waals surface area (Å²) in [6.45, 7) is 12.4. The standard InChI is InChI=1S/C42H54N6O4S/c1-41(2,3)37(46-38(50)33-19-18-30-16-10-11-17-32(30)44-33)40(52)45-34(23-28-13-8-7-9-14-28)36(49)26-48-22-20-31(53-27-29-15-12-21-43-25-29)24-35(48)39(51)47-42(4,5)6/h7-19,21,25,31,34-37,49H,20,22-24,26-27H2,1-6H3,(H,45,52)(H,46,50)(H,47,51)/t31-,34+,35+,36-,37?/m1/s1. The van der Waals surface area contributed by atoms with Gasteiger partial charge in [-0.2, -0.15) is 11.8 Å². The van der Waals surface area contributed by atoms with E-state index in [9.17, 15) is 19.5 Å². The SMILES string of the molecule is CC(C)(C)NC(=O)[C@@H]1C[C@H](SCc2cccnc2)CCN1C[C@@H](O)[C@H](Cc1ccccc1)NC(=O)C(NC(=O)c1ccc2ccccc2n1)C(C)(C)C. The zero-order valence-electron chi connectivity index (χ0n) is 31.7. The van der Waals surface area contributed by atoms with Crippen LogP contribution in [-0.2, 0) is 21.8 Å². The van der Waals surface area contributed by atoms with E-state index in [1.807, 2.05) is 126 Å². The molecule has 4 aromatic rings. The van der Waals surface area contributed by atoms with Crippen molar-refractivity contribution in [2.75, 3.05) is 13.1 Å². The van der Waals surface area contributed by atoms with E-state index < -0.39 is 47.0 Å². The maximum Gasteiger partial charge on any atom is 0.270 e. The molecule has 1 saturated heterocycles. The van der Waals surface area contributed by atoms with E-state index in [2.05, 4.69) is 36.9 Å². The van der Waals surface area contributed by atoms with Crippen LogP contribution in [0, 0.1) is 5.41 Å². The number of aromatic nitrogens is 2. The summed E-state index contributed by atoms with van der Waals surface area (Å²) >= 11 is 1.83. The lowest BCUT2D eigenvalue weighted by atomic mass is 9.85. The average molecular weight is 739 g/mol. The third kappa shape index (κ3) is 11.6. The molecule has 1 aliphatic heterocycles. The number of hydrogen-bond acceptors (Lipinski definition) is 8. The molecule has 11 heteroatoms. The Bertz CT molecular complexity index is 1830. The Balaban J connectivity index is 1.33. The molecule has 5 rings (SSSR count). The number of nitrogens with zero attached hydrogens (tertiary/aromatic N) is 3. The van der Waals surface area contributed by atoms with Crippen LogP contribution in [0.15, 0.2) is 91.3 Å². The summed E-state index contributed by atoms with van der Waals surface area (Å²) in [5, 5.41) is 22.4. The number of likely N-dealkylation sites (tertiary alicyclic amines) is 1. The highest BCUT2D eigenvalue weighted by Crippen LogP contribution is 2.31. The fourth-order valence-electron chi connectivity index (χ4n) is 6.63. The number of para-hydroxylation sites is 1. The van der Waals surface area contributed by atoms with Crippen LogP contribution < -0.4 is 16.0 Å². The molecule has 0 saturated carbocycles. The lowest BCUT2D eigenvalue weighted by Gasteiger charge is -2.41. The largest absolute Gasteiger partial charge is 0.390 e.